The average Bonchev–Trinajstić information content (AvgIpc) is 2.78. The van der Waals surface area contributed by atoms with Crippen LogP contribution in [0.25, 0.3) is 0 Å². The summed E-state index contributed by atoms with van der Waals surface area (Å²) in [5, 5.41) is 12.8. The van der Waals surface area contributed by atoms with Gasteiger partial charge in [-0.3, -0.25) is 9.59 Å². The third-order valence-corrected chi connectivity index (χ3v) is 2.92. The Hall–Kier alpha value is -1.87. The number of hydrogen-bond donors (Lipinski definition) is 1. The van der Waals surface area contributed by atoms with E-state index < -0.39 is 12.0 Å². The Morgan fingerprint density at radius 2 is 2.41 bits per heavy atom. The third-order valence-electron chi connectivity index (χ3n) is 1.93. The minimum atomic E-state index is -0.501. The van der Waals surface area contributed by atoms with Crippen molar-refractivity contribution in [2.24, 2.45) is 0 Å². The van der Waals surface area contributed by atoms with Gasteiger partial charge < -0.3 is 10.1 Å². The minimum Gasteiger partial charge on any atom is -0.450 e. The molecule has 0 aromatic carbocycles. The lowest BCUT2D eigenvalue weighted by Gasteiger charge is -2.15. The minimum absolute atomic E-state index is 0.0295. The summed E-state index contributed by atoms with van der Waals surface area (Å²) < 4.78 is 4.65. The first-order valence-electron chi connectivity index (χ1n) is 4.96. The fourth-order valence-corrected chi connectivity index (χ4v) is 2.07. The number of amides is 1. The van der Waals surface area contributed by atoms with Crippen molar-refractivity contribution in [3.8, 4) is 6.07 Å². The van der Waals surface area contributed by atoms with E-state index in [-0.39, 0.29) is 18.9 Å². The molecule has 0 saturated carbocycles. The molecule has 0 spiro atoms. The highest BCUT2D eigenvalue weighted by Crippen LogP contribution is 2.22. The van der Waals surface area contributed by atoms with Crippen LogP contribution in [-0.2, 0) is 14.3 Å². The summed E-state index contributed by atoms with van der Waals surface area (Å²) in [6.45, 7) is 1.12. The smallest absolute Gasteiger partial charge is 0.309 e. The summed E-state index contributed by atoms with van der Waals surface area (Å²) in [5.41, 5.74) is 0. The Morgan fingerprint density at radius 1 is 1.65 bits per heavy atom. The maximum absolute atomic E-state index is 11.4. The van der Waals surface area contributed by atoms with E-state index >= 15 is 0 Å². The molecule has 1 atom stereocenters. The molecule has 0 aliphatic rings. The average molecular weight is 252 g/mol. The van der Waals surface area contributed by atoms with E-state index in [1.807, 2.05) is 17.5 Å². The van der Waals surface area contributed by atoms with Crippen molar-refractivity contribution in [2.45, 2.75) is 19.4 Å². The second kappa shape index (κ2) is 6.66. The van der Waals surface area contributed by atoms with Gasteiger partial charge in [0.05, 0.1) is 12.5 Å². The number of ether oxygens (including phenoxy) is 1. The molecular formula is C11H12N2O3S. The zero-order valence-corrected chi connectivity index (χ0v) is 10.1. The molecule has 0 bridgehead atoms. The highest BCUT2D eigenvalue weighted by molar-refractivity contribution is 7.10. The summed E-state index contributed by atoms with van der Waals surface area (Å²) in [6, 6.07) is 5.01. The Bertz CT molecular complexity index is 422. The van der Waals surface area contributed by atoms with Gasteiger partial charge >= 0.3 is 5.97 Å². The first-order chi connectivity index (χ1) is 8.13. The van der Waals surface area contributed by atoms with Crippen molar-refractivity contribution < 1.29 is 14.3 Å². The molecule has 0 fully saturated rings. The predicted octanol–water partition coefficient (Wildman–Crippen LogP) is 1.38. The fourth-order valence-electron chi connectivity index (χ4n) is 1.30. The summed E-state index contributed by atoms with van der Waals surface area (Å²) in [4.78, 5) is 23.3. The number of nitrogens with one attached hydrogen (secondary N) is 1. The van der Waals surface area contributed by atoms with Gasteiger partial charge in [0.1, 0.15) is 6.07 Å². The SMILES string of the molecule is CC(=O)NC(CC(=O)OCC#N)c1cccs1. The molecule has 0 aliphatic heterocycles. The number of esters is 1. The Balaban J connectivity index is 2.62. The molecule has 6 heteroatoms. The van der Waals surface area contributed by atoms with Crippen LogP contribution in [0, 0.1) is 11.3 Å². The number of carbonyl (C=O) groups is 2. The molecular weight excluding hydrogens is 240 g/mol. The highest BCUT2D eigenvalue weighted by Gasteiger charge is 2.18. The lowest BCUT2D eigenvalue weighted by molar-refractivity contribution is -0.142. The zero-order valence-electron chi connectivity index (χ0n) is 9.30. The maximum Gasteiger partial charge on any atom is 0.309 e. The van der Waals surface area contributed by atoms with Gasteiger partial charge in [-0.15, -0.1) is 11.3 Å². The van der Waals surface area contributed by atoms with Crippen LogP contribution in [0.5, 0.6) is 0 Å². The predicted molar refractivity (Wildman–Crippen MR) is 62.1 cm³/mol. The number of thiophene rings is 1. The third kappa shape index (κ3) is 4.66. The van der Waals surface area contributed by atoms with E-state index in [2.05, 4.69) is 10.1 Å². The quantitative estimate of drug-likeness (QED) is 0.803. The second-order valence-corrected chi connectivity index (χ2v) is 4.27. The molecule has 0 aliphatic carbocycles. The Labute approximate surface area is 103 Å². The molecule has 1 aromatic heterocycles. The van der Waals surface area contributed by atoms with Crippen LogP contribution >= 0.6 is 11.3 Å². The first-order valence-corrected chi connectivity index (χ1v) is 5.84. The molecule has 1 rings (SSSR count). The molecule has 1 aromatic rings. The number of hydrogen-bond acceptors (Lipinski definition) is 5. The molecule has 0 radical (unpaired) electrons. The van der Waals surface area contributed by atoms with Crippen LogP contribution in [0.3, 0.4) is 0 Å². The number of nitrogens with zero attached hydrogens (tertiary/aromatic N) is 1. The normalized spacial score (nSPS) is 11.3. The second-order valence-electron chi connectivity index (χ2n) is 3.29. The summed E-state index contributed by atoms with van der Waals surface area (Å²) in [6.07, 6.45) is 0.0295. The van der Waals surface area contributed by atoms with Crippen molar-refractivity contribution in [2.75, 3.05) is 6.61 Å². The largest absolute Gasteiger partial charge is 0.450 e. The number of carbonyl (C=O) groups excluding carboxylic acids is 2. The molecule has 5 nitrogen and oxygen atoms in total. The standard InChI is InChI=1S/C11H12N2O3S/c1-8(14)13-9(10-3-2-6-17-10)7-11(15)16-5-4-12/h2-3,6,9H,5,7H2,1H3,(H,13,14). The van der Waals surface area contributed by atoms with E-state index in [9.17, 15) is 9.59 Å². The van der Waals surface area contributed by atoms with Gasteiger partial charge in [-0.05, 0) is 11.4 Å². The zero-order chi connectivity index (χ0) is 12.7. The lowest BCUT2D eigenvalue weighted by atomic mass is 10.1. The molecule has 1 heterocycles. The van der Waals surface area contributed by atoms with Crippen LogP contribution in [0.2, 0.25) is 0 Å². The Morgan fingerprint density at radius 3 is 2.94 bits per heavy atom. The van der Waals surface area contributed by atoms with Crippen molar-refractivity contribution in [1.82, 2.24) is 5.32 Å². The lowest BCUT2D eigenvalue weighted by Crippen LogP contribution is -2.28. The van der Waals surface area contributed by atoms with Crippen molar-refractivity contribution in [1.29, 1.82) is 5.26 Å². The number of nitriles is 1. The van der Waals surface area contributed by atoms with Gasteiger partial charge in [-0.25, -0.2) is 0 Å². The summed E-state index contributed by atoms with van der Waals surface area (Å²) >= 11 is 1.45. The van der Waals surface area contributed by atoms with Gasteiger partial charge in [-0.1, -0.05) is 6.07 Å². The molecule has 1 N–H and O–H groups in total. The maximum atomic E-state index is 11.4. The van der Waals surface area contributed by atoms with Crippen LogP contribution in [0.4, 0.5) is 0 Å². The van der Waals surface area contributed by atoms with Crippen molar-refractivity contribution in [3.05, 3.63) is 22.4 Å². The molecule has 1 amide bonds. The van der Waals surface area contributed by atoms with E-state index in [1.54, 1.807) is 6.07 Å². The van der Waals surface area contributed by atoms with Gasteiger partial charge in [0.25, 0.3) is 0 Å². The monoisotopic (exact) mass is 252 g/mol. The first kappa shape index (κ1) is 13.2. The topological polar surface area (TPSA) is 79.2 Å². The Kier molecular flexibility index (Phi) is 5.17. The van der Waals surface area contributed by atoms with Gasteiger partial charge in [0.2, 0.25) is 5.91 Å². The van der Waals surface area contributed by atoms with E-state index in [1.165, 1.54) is 18.3 Å². The summed E-state index contributed by atoms with van der Waals surface area (Å²) in [5.74, 6) is -0.713. The van der Waals surface area contributed by atoms with Crippen molar-refractivity contribution >= 4 is 23.2 Å². The van der Waals surface area contributed by atoms with E-state index in [4.69, 9.17) is 5.26 Å². The molecule has 0 saturated heterocycles. The van der Waals surface area contributed by atoms with Crippen LogP contribution < -0.4 is 5.32 Å². The van der Waals surface area contributed by atoms with E-state index in [0.29, 0.717) is 0 Å². The summed E-state index contributed by atoms with van der Waals surface area (Å²) in [7, 11) is 0. The molecule has 90 valence electrons. The molecule has 1 unspecified atom stereocenters. The van der Waals surface area contributed by atoms with Crippen LogP contribution in [0.1, 0.15) is 24.3 Å². The molecule has 17 heavy (non-hydrogen) atoms. The highest BCUT2D eigenvalue weighted by atomic mass is 32.1. The van der Waals surface area contributed by atoms with Crippen molar-refractivity contribution in [3.63, 3.8) is 0 Å². The van der Waals surface area contributed by atoms with Gasteiger partial charge in [0.15, 0.2) is 6.61 Å². The van der Waals surface area contributed by atoms with E-state index in [0.717, 1.165) is 4.88 Å². The fraction of sp³-hybridized carbons (Fsp3) is 0.364. The number of rotatable bonds is 5. The van der Waals surface area contributed by atoms with Crippen LogP contribution in [0.15, 0.2) is 17.5 Å². The van der Waals surface area contributed by atoms with Crippen LogP contribution in [-0.4, -0.2) is 18.5 Å². The van der Waals surface area contributed by atoms with Gasteiger partial charge in [-0.2, -0.15) is 5.26 Å². The van der Waals surface area contributed by atoms with Gasteiger partial charge in [0, 0.05) is 11.8 Å².